The van der Waals surface area contributed by atoms with E-state index in [4.69, 9.17) is 0 Å². The van der Waals surface area contributed by atoms with Crippen LogP contribution in [0.1, 0.15) is 39.5 Å². The standard InChI is InChI=1S/C10H16O/c1-3-9-4-5-10(7-9)6-8(2)11/h6,9H,3-5,7H2,1-2H3. The third kappa shape index (κ3) is 2.49. The molecule has 0 saturated heterocycles. The molecule has 1 aliphatic carbocycles. The lowest BCUT2D eigenvalue weighted by molar-refractivity contribution is -0.112. The third-order valence-electron chi connectivity index (χ3n) is 2.41. The van der Waals surface area contributed by atoms with Crippen LogP contribution in [0.5, 0.6) is 0 Å². The van der Waals surface area contributed by atoms with Crippen molar-refractivity contribution in [3.63, 3.8) is 0 Å². The van der Waals surface area contributed by atoms with Gasteiger partial charge in [0.2, 0.25) is 0 Å². The molecule has 1 nitrogen and oxygen atoms in total. The Hall–Kier alpha value is -0.590. The van der Waals surface area contributed by atoms with Crippen LogP contribution in [0.25, 0.3) is 0 Å². The van der Waals surface area contributed by atoms with E-state index in [2.05, 4.69) is 6.92 Å². The molecule has 0 heterocycles. The van der Waals surface area contributed by atoms with E-state index in [-0.39, 0.29) is 5.78 Å². The number of hydrogen-bond donors (Lipinski definition) is 0. The first kappa shape index (κ1) is 8.51. The zero-order valence-corrected chi connectivity index (χ0v) is 7.39. The first-order valence-electron chi connectivity index (χ1n) is 4.42. The molecule has 1 rings (SSSR count). The molecule has 0 amide bonds. The summed E-state index contributed by atoms with van der Waals surface area (Å²) in [6.45, 7) is 3.85. The summed E-state index contributed by atoms with van der Waals surface area (Å²) in [5, 5.41) is 0. The molecule has 0 aromatic rings. The predicted octanol–water partition coefficient (Wildman–Crippen LogP) is 2.71. The topological polar surface area (TPSA) is 17.1 Å². The molecule has 0 bridgehead atoms. The van der Waals surface area contributed by atoms with Gasteiger partial charge >= 0.3 is 0 Å². The van der Waals surface area contributed by atoms with Crippen molar-refractivity contribution in [3.8, 4) is 0 Å². The van der Waals surface area contributed by atoms with E-state index in [1.54, 1.807) is 6.92 Å². The van der Waals surface area contributed by atoms with Crippen molar-refractivity contribution in [2.45, 2.75) is 39.5 Å². The summed E-state index contributed by atoms with van der Waals surface area (Å²) >= 11 is 0. The van der Waals surface area contributed by atoms with Gasteiger partial charge in [-0.1, -0.05) is 18.9 Å². The van der Waals surface area contributed by atoms with E-state index >= 15 is 0 Å². The molecule has 1 heteroatoms. The zero-order valence-electron chi connectivity index (χ0n) is 7.39. The monoisotopic (exact) mass is 152 g/mol. The van der Waals surface area contributed by atoms with Crippen molar-refractivity contribution < 1.29 is 4.79 Å². The fraction of sp³-hybridized carbons (Fsp3) is 0.700. The fourth-order valence-electron chi connectivity index (χ4n) is 1.73. The Kier molecular flexibility index (Phi) is 2.86. The lowest BCUT2D eigenvalue weighted by atomic mass is 10.1. The molecule has 0 aliphatic heterocycles. The van der Waals surface area contributed by atoms with Gasteiger partial charge < -0.3 is 0 Å². The predicted molar refractivity (Wildman–Crippen MR) is 46.4 cm³/mol. The molecule has 0 radical (unpaired) electrons. The Morgan fingerprint density at radius 1 is 1.73 bits per heavy atom. The average molecular weight is 152 g/mol. The molecule has 1 aliphatic rings. The van der Waals surface area contributed by atoms with Crippen LogP contribution in [-0.2, 0) is 4.79 Å². The molecule has 11 heavy (non-hydrogen) atoms. The van der Waals surface area contributed by atoms with Crippen molar-refractivity contribution in [3.05, 3.63) is 11.6 Å². The number of rotatable bonds is 2. The first-order chi connectivity index (χ1) is 5.22. The third-order valence-corrected chi connectivity index (χ3v) is 2.41. The molecule has 1 fully saturated rings. The van der Waals surface area contributed by atoms with Crippen LogP contribution in [0.3, 0.4) is 0 Å². The summed E-state index contributed by atoms with van der Waals surface area (Å²) in [6.07, 6.45) is 6.68. The number of carbonyl (C=O) groups excluding carboxylic acids is 1. The van der Waals surface area contributed by atoms with Crippen LogP contribution in [0.2, 0.25) is 0 Å². The highest BCUT2D eigenvalue weighted by atomic mass is 16.1. The summed E-state index contributed by atoms with van der Waals surface area (Å²) in [7, 11) is 0. The molecule has 0 aromatic carbocycles. The summed E-state index contributed by atoms with van der Waals surface area (Å²) < 4.78 is 0. The lowest BCUT2D eigenvalue weighted by Crippen LogP contribution is -1.89. The van der Waals surface area contributed by atoms with Gasteiger partial charge in [-0.2, -0.15) is 0 Å². The smallest absolute Gasteiger partial charge is 0.152 e. The molecule has 62 valence electrons. The van der Waals surface area contributed by atoms with Crippen molar-refractivity contribution >= 4 is 5.78 Å². The minimum Gasteiger partial charge on any atom is -0.295 e. The van der Waals surface area contributed by atoms with Crippen LogP contribution in [0.4, 0.5) is 0 Å². The van der Waals surface area contributed by atoms with Crippen LogP contribution in [0.15, 0.2) is 11.6 Å². The molecule has 0 N–H and O–H groups in total. The second-order valence-corrected chi connectivity index (χ2v) is 3.43. The highest BCUT2D eigenvalue weighted by molar-refractivity contribution is 5.88. The van der Waals surface area contributed by atoms with Gasteiger partial charge in [0.1, 0.15) is 0 Å². The second kappa shape index (κ2) is 3.70. The van der Waals surface area contributed by atoms with Gasteiger partial charge in [-0.25, -0.2) is 0 Å². The first-order valence-corrected chi connectivity index (χ1v) is 4.42. The van der Waals surface area contributed by atoms with Crippen LogP contribution >= 0.6 is 0 Å². The minimum absolute atomic E-state index is 0.205. The molecule has 0 spiro atoms. The highest BCUT2D eigenvalue weighted by Gasteiger charge is 2.17. The molecular weight excluding hydrogens is 136 g/mol. The molecular formula is C10H16O. The second-order valence-electron chi connectivity index (χ2n) is 3.43. The van der Waals surface area contributed by atoms with Crippen molar-refractivity contribution in [1.82, 2.24) is 0 Å². The quantitative estimate of drug-likeness (QED) is 0.556. The van der Waals surface area contributed by atoms with Crippen molar-refractivity contribution in [1.29, 1.82) is 0 Å². The summed E-state index contributed by atoms with van der Waals surface area (Å²) in [4.78, 5) is 10.7. The van der Waals surface area contributed by atoms with E-state index in [1.807, 2.05) is 6.08 Å². The molecule has 0 aromatic heterocycles. The van der Waals surface area contributed by atoms with E-state index in [0.29, 0.717) is 0 Å². The van der Waals surface area contributed by atoms with E-state index in [0.717, 1.165) is 18.8 Å². The SMILES string of the molecule is CCC1CCC(=CC(C)=O)C1. The molecule has 1 unspecified atom stereocenters. The zero-order chi connectivity index (χ0) is 8.27. The Bertz CT molecular complexity index is 179. The van der Waals surface area contributed by atoms with Crippen molar-refractivity contribution in [2.75, 3.05) is 0 Å². The molecule has 1 saturated carbocycles. The Labute approximate surface area is 68.5 Å². The molecule has 1 atom stereocenters. The number of hydrogen-bond acceptors (Lipinski definition) is 1. The van der Waals surface area contributed by atoms with Crippen LogP contribution < -0.4 is 0 Å². The van der Waals surface area contributed by atoms with Gasteiger partial charge in [0.25, 0.3) is 0 Å². The Balaban J connectivity index is 2.47. The Morgan fingerprint density at radius 3 is 2.91 bits per heavy atom. The number of allylic oxidation sites excluding steroid dienone is 2. The summed E-state index contributed by atoms with van der Waals surface area (Å²) in [6, 6.07) is 0. The van der Waals surface area contributed by atoms with E-state index in [1.165, 1.54) is 18.4 Å². The Morgan fingerprint density at radius 2 is 2.45 bits per heavy atom. The highest BCUT2D eigenvalue weighted by Crippen LogP contribution is 2.31. The van der Waals surface area contributed by atoms with Crippen LogP contribution in [-0.4, -0.2) is 5.78 Å². The lowest BCUT2D eigenvalue weighted by Gasteiger charge is -2.00. The maximum Gasteiger partial charge on any atom is 0.152 e. The van der Waals surface area contributed by atoms with Gasteiger partial charge in [-0.3, -0.25) is 4.79 Å². The van der Waals surface area contributed by atoms with Gasteiger partial charge in [-0.15, -0.1) is 0 Å². The van der Waals surface area contributed by atoms with Crippen LogP contribution in [0, 0.1) is 5.92 Å². The van der Waals surface area contributed by atoms with Gasteiger partial charge in [0, 0.05) is 0 Å². The van der Waals surface area contributed by atoms with Gasteiger partial charge in [0.15, 0.2) is 5.78 Å². The average Bonchev–Trinajstić information content (AvgIpc) is 2.34. The normalized spacial score (nSPS) is 27.8. The van der Waals surface area contributed by atoms with Crippen molar-refractivity contribution in [2.24, 2.45) is 5.92 Å². The summed E-state index contributed by atoms with van der Waals surface area (Å²) in [5.41, 5.74) is 1.37. The number of ketones is 1. The minimum atomic E-state index is 0.205. The van der Waals surface area contributed by atoms with E-state index in [9.17, 15) is 4.79 Å². The maximum atomic E-state index is 10.7. The summed E-state index contributed by atoms with van der Waals surface area (Å²) in [5.74, 6) is 1.05. The largest absolute Gasteiger partial charge is 0.295 e. The van der Waals surface area contributed by atoms with Gasteiger partial charge in [-0.05, 0) is 38.2 Å². The number of carbonyl (C=O) groups is 1. The maximum absolute atomic E-state index is 10.7. The van der Waals surface area contributed by atoms with Gasteiger partial charge in [0.05, 0.1) is 0 Å². The fourth-order valence-corrected chi connectivity index (χ4v) is 1.73. The van der Waals surface area contributed by atoms with E-state index < -0.39 is 0 Å².